The molecule has 0 amide bonds. The fraction of sp³-hybridized carbons (Fsp3) is 0.600. The van der Waals surface area contributed by atoms with E-state index >= 15 is 0 Å². The van der Waals surface area contributed by atoms with E-state index in [-0.39, 0.29) is 6.04 Å². The Morgan fingerprint density at radius 1 is 1.43 bits per heavy atom. The van der Waals surface area contributed by atoms with E-state index in [0.29, 0.717) is 17.5 Å². The third kappa shape index (κ3) is 3.83. The highest BCUT2D eigenvalue weighted by atomic mass is 32.2. The van der Waals surface area contributed by atoms with Gasteiger partial charge in [-0.15, -0.1) is 0 Å². The predicted molar refractivity (Wildman–Crippen MR) is 84.5 cm³/mol. The van der Waals surface area contributed by atoms with Gasteiger partial charge in [0.15, 0.2) is 0 Å². The number of nitrogens with one attached hydrogen (secondary N) is 1. The number of hydrogen-bond donors (Lipinski definition) is 2. The first kappa shape index (κ1) is 16.4. The Morgan fingerprint density at radius 3 is 2.71 bits per heavy atom. The number of piperidine rings is 1. The van der Waals surface area contributed by atoms with Gasteiger partial charge in [-0.3, -0.25) is 0 Å². The lowest BCUT2D eigenvalue weighted by Crippen LogP contribution is -2.47. The Bertz CT molecular complexity index is 601. The van der Waals surface area contributed by atoms with Crippen LogP contribution >= 0.6 is 0 Å². The number of rotatable bonds is 4. The van der Waals surface area contributed by atoms with E-state index in [1.54, 1.807) is 18.2 Å². The van der Waals surface area contributed by atoms with E-state index in [4.69, 9.17) is 5.73 Å². The van der Waals surface area contributed by atoms with Gasteiger partial charge in [0.1, 0.15) is 0 Å². The molecule has 2 atom stereocenters. The lowest BCUT2D eigenvalue weighted by atomic mass is 10.0. The van der Waals surface area contributed by atoms with E-state index in [9.17, 15) is 8.42 Å². The van der Waals surface area contributed by atoms with Crippen molar-refractivity contribution in [3.8, 4) is 0 Å². The summed E-state index contributed by atoms with van der Waals surface area (Å²) < 4.78 is 27.8. The number of hydrogen-bond acceptors (Lipinski definition) is 4. The van der Waals surface area contributed by atoms with Gasteiger partial charge in [-0.05, 0) is 63.5 Å². The summed E-state index contributed by atoms with van der Waals surface area (Å²) in [5.41, 5.74) is 7.51. The van der Waals surface area contributed by atoms with Crippen LogP contribution in [0.3, 0.4) is 0 Å². The maximum Gasteiger partial charge on any atom is 0.240 e. The molecule has 0 aromatic heterocycles. The third-order valence-corrected chi connectivity index (χ3v) is 5.89. The van der Waals surface area contributed by atoms with Crippen molar-refractivity contribution in [3.63, 3.8) is 0 Å². The topological polar surface area (TPSA) is 75.4 Å². The molecular weight excluding hydrogens is 286 g/mol. The molecule has 21 heavy (non-hydrogen) atoms. The highest BCUT2D eigenvalue weighted by Crippen LogP contribution is 2.20. The molecule has 2 unspecified atom stereocenters. The predicted octanol–water partition coefficient (Wildman–Crippen LogP) is 1.21. The van der Waals surface area contributed by atoms with Crippen LogP contribution in [0.5, 0.6) is 0 Å². The Labute approximate surface area is 127 Å². The van der Waals surface area contributed by atoms with Crippen molar-refractivity contribution >= 4 is 10.0 Å². The SMILES string of the molecule is Cc1cc(S(=O)(=O)NC2CCN(C)C(C)C2)ccc1CN. The molecule has 118 valence electrons. The molecule has 1 aromatic rings. The minimum atomic E-state index is -3.46. The Hall–Kier alpha value is -0.950. The molecule has 3 N–H and O–H groups in total. The first-order valence-electron chi connectivity index (χ1n) is 7.35. The molecule has 0 spiro atoms. The van der Waals surface area contributed by atoms with Crippen molar-refractivity contribution in [2.24, 2.45) is 5.73 Å². The Morgan fingerprint density at radius 2 is 2.14 bits per heavy atom. The lowest BCUT2D eigenvalue weighted by Gasteiger charge is -2.35. The minimum absolute atomic E-state index is 0.00990. The van der Waals surface area contributed by atoms with Gasteiger partial charge in [0.05, 0.1) is 4.90 Å². The zero-order valence-corrected chi connectivity index (χ0v) is 13.8. The number of likely N-dealkylation sites (tertiary alicyclic amines) is 1. The van der Waals surface area contributed by atoms with Crippen molar-refractivity contribution in [3.05, 3.63) is 29.3 Å². The monoisotopic (exact) mass is 311 g/mol. The molecule has 0 saturated carbocycles. The van der Waals surface area contributed by atoms with E-state index in [0.717, 1.165) is 30.5 Å². The van der Waals surface area contributed by atoms with Gasteiger partial charge >= 0.3 is 0 Å². The second-order valence-electron chi connectivity index (χ2n) is 5.96. The number of aryl methyl sites for hydroxylation is 1. The average molecular weight is 311 g/mol. The third-order valence-electron chi connectivity index (χ3n) is 4.37. The van der Waals surface area contributed by atoms with Crippen LogP contribution < -0.4 is 10.5 Å². The van der Waals surface area contributed by atoms with Crippen LogP contribution in [0.15, 0.2) is 23.1 Å². The van der Waals surface area contributed by atoms with Gasteiger partial charge in [-0.25, -0.2) is 13.1 Å². The summed E-state index contributed by atoms with van der Waals surface area (Å²) in [7, 11) is -1.38. The molecule has 5 nitrogen and oxygen atoms in total. The average Bonchev–Trinajstić information content (AvgIpc) is 2.42. The molecule has 6 heteroatoms. The van der Waals surface area contributed by atoms with Crippen LogP contribution in [0.1, 0.15) is 30.9 Å². The molecule has 1 saturated heterocycles. The molecule has 2 rings (SSSR count). The maximum atomic E-state index is 12.5. The molecule has 0 bridgehead atoms. The standard InChI is InChI=1S/C15H25N3O2S/c1-11-8-15(5-4-13(11)10-16)21(19,20)17-14-6-7-18(3)12(2)9-14/h4-5,8,12,14,17H,6-7,9-10,16H2,1-3H3. The summed E-state index contributed by atoms with van der Waals surface area (Å²) in [6.07, 6.45) is 1.69. The number of benzene rings is 1. The first-order valence-corrected chi connectivity index (χ1v) is 8.84. The zero-order valence-electron chi connectivity index (χ0n) is 13.0. The van der Waals surface area contributed by atoms with Gasteiger partial charge < -0.3 is 10.6 Å². The van der Waals surface area contributed by atoms with Crippen molar-refractivity contribution in [2.75, 3.05) is 13.6 Å². The first-order chi connectivity index (χ1) is 9.83. The zero-order chi connectivity index (χ0) is 15.6. The van der Waals surface area contributed by atoms with E-state index in [1.807, 2.05) is 6.92 Å². The Balaban J connectivity index is 2.13. The number of nitrogens with two attached hydrogens (primary N) is 1. The number of nitrogens with zero attached hydrogens (tertiary/aromatic N) is 1. The quantitative estimate of drug-likeness (QED) is 0.876. The highest BCUT2D eigenvalue weighted by Gasteiger charge is 2.27. The van der Waals surface area contributed by atoms with Crippen LogP contribution in [-0.2, 0) is 16.6 Å². The molecule has 0 radical (unpaired) electrons. The number of sulfonamides is 1. The summed E-state index contributed by atoms with van der Waals surface area (Å²) in [6, 6.07) is 5.53. The summed E-state index contributed by atoms with van der Waals surface area (Å²) >= 11 is 0. The second kappa shape index (κ2) is 6.44. The largest absolute Gasteiger partial charge is 0.326 e. The van der Waals surface area contributed by atoms with Crippen LogP contribution in [0.25, 0.3) is 0 Å². The van der Waals surface area contributed by atoms with Gasteiger partial charge in [-0.2, -0.15) is 0 Å². The van der Waals surface area contributed by atoms with Crippen LogP contribution in [0, 0.1) is 6.92 Å². The van der Waals surface area contributed by atoms with Gasteiger partial charge in [-0.1, -0.05) is 6.07 Å². The normalized spacial score (nSPS) is 24.2. The molecule has 1 aromatic carbocycles. The highest BCUT2D eigenvalue weighted by molar-refractivity contribution is 7.89. The minimum Gasteiger partial charge on any atom is -0.326 e. The maximum absolute atomic E-state index is 12.5. The lowest BCUT2D eigenvalue weighted by molar-refractivity contribution is 0.178. The summed E-state index contributed by atoms with van der Waals surface area (Å²) in [5, 5.41) is 0. The molecule has 1 aliphatic heterocycles. The van der Waals surface area contributed by atoms with E-state index in [1.165, 1.54) is 0 Å². The Kier molecular flexibility index (Phi) is 5.03. The second-order valence-corrected chi connectivity index (χ2v) is 7.68. The molecule has 1 heterocycles. The molecule has 1 fully saturated rings. The van der Waals surface area contributed by atoms with Crippen molar-refractivity contribution in [1.82, 2.24) is 9.62 Å². The molecule has 0 aliphatic carbocycles. The smallest absolute Gasteiger partial charge is 0.240 e. The van der Waals surface area contributed by atoms with E-state index in [2.05, 4.69) is 23.6 Å². The van der Waals surface area contributed by atoms with E-state index < -0.39 is 10.0 Å². The van der Waals surface area contributed by atoms with Crippen molar-refractivity contribution < 1.29 is 8.42 Å². The van der Waals surface area contributed by atoms with Crippen molar-refractivity contribution in [2.45, 2.75) is 50.2 Å². The summed E-state index contributed by atoms with van der Waals surface area (Å²) in [5.74, 6) is 0. The molecule has 1 aliphatic rings. The van der Waals surface area contributed by atoms with Gasteiger partial charge in [0.25, 0.3) is 0 Å². The van der Waals surface area contributed by atoms with Crippen LogP contribution in [0.2, 0.25) is 0 Å². The summed E-state index contributed by atoms with van der Waals surface area (Å²) in [6.45, 7) is 5.35. The summed E-state index contributed by atoms with van der Waals surface area (Å²) in [4.78, 5) is 2.58. The fourth-order valence-electron chi connectivity index (χ4n) is 2.75. The van der Waals surface area contributed by atoms with Crippen molar-refractivity contribution in [1.29, 1.82) is 0 Å². The molecular formula is C15H25N3O2S. The van der Waals surface area contributed by atoms with Crippen LogP contribution in [0.4, 0.5) is 0 Å². The van der Waals surface area contributed by atoms with Gasteiger partial charge in [0, 0.05) is 18.6 Å². The van der Waals surface area contributed by atoms with Gasteiger partial charge in [0.2, 0.25) is 10.0 Å². The fourth-order valence-corrected chi connectivity index (χ4v) is 4.12. The van der Waals surface area contributed by atoms with Crippen LogP contribution in [-0.4, -0.2) is 39.0 Å².